The minimum Gasteiger partial charge on any atom is -0.453 e. The fourth-order valence-electron chi connectivity index (χ4n) is 2.17. The van der Waals surface area contributed by atoms with Crippen molar-refractivity contribution in [1.82, 2.24) is 10.1 Å². The van der Waals surface area contributed by atoms with Gasteiger partial charge in [0.05, 0.1) is 9.21 Å². The molecule has 0 aliphatic carbocycles. The highest BCUT2D eigenvalue weighted by Crippen LogP contribution is 2.27. The minimum absolute atomic E-state index is 0.115. The van der Waals surface area contributed by atoms with Crippen LogP contribution < -0.4 is 0 Å². The van der Waals surface area contributed by atoms with E-state index >= 15 is 0 Å². The number of ether oxygens (including phenoxy) is 1. The van der Waals surface area contributed by atoms with Gasteiger partial charge in [-0.3, -0.25) is 0 Å². The van der Waals surface area contributed by atoms with Gasteiger partial charge in [0.1, 0.15) is 5.71 Å². The predicted molar refractivity (Wildman–Crippen MR) is 92.8 cm³/mol. The molecule has 3 aromatic rings. The molecule has 1 atom stereocenters. The first-order valence-corrected chi connectivity index (χ1v) is 9.33. The molecule has 0 saturated carbocycles. The van der Waals surface area contributed by atoms with E-state index < -0.39 is 12.1 Å². The van der Waals surface area contributed by atoms with Gasteiger partial charge < -0.3 is 14.1 Å². The molecule has 7 nitrogen and oxygen atoms in total. The van der Waals surface area contributed by atoms with Crippen LogP contribution in [0.4, 0.5) is 0 Å². The molecule has 4 rings (SSSR count). The molecule has 1 aliphatic rings. The Labute approximate surface area is 154 Å². The first-order valence-electron chi connectivity index (χ1n) is 7.19. The number of carbonyl (C=O) groups is 1. The highest BCUT2D eigenvalue weighted by molar-refractivity contribution is 7.18. The van der Waals surface area contributed by atoms with E-state index in [1.807, 2.05) is 22.9 Å². The van der Waals surface area contributed by atoms with E-state index in [0.29, 0.717) is 22.3 Å². The molecule has 3 aromatic heterocycles. The van der Waals surface area contributed by atoms with E-state index in [1.165, 1.54) is 22.7 Å². The van der Waals surface area contributed by atoms with Gasteiger partial charge in [-0.2, -0.15) is 16.3 Å². The summed E-state index contributed by atoms with van der Waals surface area (Å²) in [5.74, 6) is 0.153. The molecule has 0 fully saturated rings. The molecular formula is C15H10ClN3O4S2. The average Bonchev–Trinajstić information content (AvgIpc) is 3.38. The van der Waals surface area contributed by atoms with E-state index in [-0.39, 0.29) is 12.5 Å². The number of esters is 1. The first-order chi connectivity index (χ1) is 12.2. The highest BCUT2D eigenvalue weighted by atomic mass is 35.5. The number of aromatic nitrogens is 2. The Morgan fingerprint density at radius 3 is 3.08 bits per heavy atom. The Hall–Kier alpha value is -2.23. The standard InChI is InChI=1S/C15H10ClN3O4S2/c16-12-2-1-11(25-12)9-5-10(22-18-9)15(20)21-6-13-17-14(19-23-13)8-3-4-24-7-8/h1-4,7,10H,5-6H2/t10-/m1/s1. The molecule has 10 heteroatoms. The SMILES string of the molecule is O=C(OCc1nc(-c2ccsc2)no1)[C@H]1CC(c2ccc(Cl)s2)=NO1. The summed E-state index contributed by atoms with van der Waals surface area (Å²) in [5, 5.41) is 11.6. The normalized spacial score (nSPS) is 16.5. The average molecular weight is 396 g/mol. The van der Waals surface area contributed by atoms with E-state index in [1.54, 1.807) is 6.07 Å². The van der Waals surface area contributed by atoms with Crippen molar-refractivity contribution in [2.45, 2.75) is 19.1 Å². The summed E-state index contributed by atoms with van der Waals surface area (Å²) in [6.07, 6.45) is -0.449. The van der Waals surface area contributed by atoms with Gasteiger partial charge in [-0.1, -0.05) is 21.9 Å². The van der Waals surface area contributed by atoms with Gasteiger partial charge in [0.2, 0.25) is 11.9 Å². The summed E-state index contributed by atoms with van der Waals surface area (Å²) in [7, 11) is 0. The molecule has 128 valence electrons. The molecule has 0 amide bonds. The van der Waals surface area contributed by atoms with Gasteiger partial charge in [0.15, 0.2) is 6.61 Å². The van der Waals surface area contributed by atoms with Gasteiger partial charge in [-0.25, -0.2) is 4.79 Å². The number of halogens is 1. The second kappa shape index (κ2) is 6.95. The molecule has 4 heterocycles. The van der Waals surface area contributed by atoms with Crippen molar-refractivity contribution < 1.29 is 18.9 Å². The Bertz CT molecular complexity index is 919. The van der Waals surface area contributed by atoms with Gasteiger partial charge in [-0.15, -0.1) is 11.3 Å². The fourth-order valence-corrected chi connectivity index (χ4v) is 3.83. The molecule has 0 bridgehead atoms. The quantitative estimate of drug-likeness (QED) is 0.611. The van der Waals surface area contributed by atoms with Gasteiger partial charge >= 0.3 is 5.97 Å². The van der Waals surface area contributed by atoms with Crippen LogP contribution in [0.2, 0.25) is 4.34 Å². The van der Waals surface area contributed by atoms with Crippen LogP contribution in [0.25, 0.3) is 11.4 Å². The number of nitrogens with zero attached hydrogens (tertiary/aromatic N) is 3. The number of carbonyl (C=O) groups excluding carboxylic acids is 1. The fraction of sp³-hybridized carbons (Fsp3) is 0.200. The van der Waals surface area contributed by atoms with Crippen LogP contribution >= 0.6 is 34.3 Å². The molecule has 0 spiro atoms. The lowest BCUT2D eigenvalue weighted by molar-refractivity contribution is -0.157. The molecule has 0 N–H and O–H groups in total. The van der Waals surface area contributed by atoms with Gasteiger partial charge in [0, 0.05) is 17.4 Å². The molecule has 0 aromatic carbocycles. The van der Waals surface area contributed by atoms with Crippen molar-refractivity contribution in [2.24, 2.45) is 5.16 Å². The maximum atomic E-state index is 12.1. The van der Waals surface area contributed by atoms with Crippen LogP contribution in [0.1, 0.15) is 17.2 Å². The summed E-state index contributed by atoms with van der Waals surface area (Å²) < 4.78 is 10.9. The first kappa shape index (κ1) is 16.2. The lowest BCUT2D eigenvalue weighted by Crippen LogP contribution is -2.23. The van der Waals surface area contributed by atoms with Crippen LogP contribution in [0, 0.1) is 0 Å². The number of rotatable bonds is 5. The molecule has 1 aliphatic heterocycles. The number of thiophene rings is 2. The third kappa shape index (κ3) is 3.58. The van der Waals surface area contributed by atoms with Crippen molar-refractivity contribution >= 4 is 46.0 Å². The summed E-state index contributed by atoms with van der Waals surface area (Å²) in [6.45, 7) is -0.115. The van der Waals surface area contributed by atoms with Gasteiger partial charge in [0.25, 0.3) is 5.89 Å². The number of hydrogen-bond acceptors (Lipinski definition) is 9. The van der Waals surface area contributed by atoms with Crippen LogP contribution in [-0.4, -0.2) is 27.9 Å². The van der Waals surface area contributed by atoms with Crippen molar-refractivity contribution in [2.75, 3.05) is 0 Å². The largest absolute Gasteiger partial charge is 0.453 e. The van der Waals surface area contributed by atoms with Crippen molar-refractivity contribution in [3.63, 3.8) is 0 Å². The summed E-state index contributed by atoms with van der Waals surface area (Å²) in [4.78, 5) is 22.3. The monoisotopic (exact) mass is 395 g/mol. The van der Waals surface area contributed by atoms with Crippen LogP contribution in [0.3, 0.4) is 0 Å². The van der Waals surface area contributed by atoms with Crippen LogP contribution in [0.15, 0.2) is 38.6 Å². The molecule has 0 saturated heterocycles. The van der Waals surface area contributed by atoms with Crippen molar-refractivity contribution in [3.8, 4) is 11.4 Å². The van der Waals surface area contributed by atoms with Crippen molar-refractivity contribution in [1.29, 1.82) is 0 Å². The lowest BCUT2D eigenvalue weighted by atomic mass is 10.1. The second-order valence-corrected chi connectivity index (χ2v) is 7.57. The number of oxime groups is 1. The Balaban J connectivity index is 1.31. The maximum absolute atomic E-state index is 12.1. The molecule has 25 heavy (non-hydrogen) atoms. The lowest BCUT2D eigenvalue weighted by Gasteiger charge is -2.06. The van der Waals surface area contributed by atoms with E-state index in [9.17, 15) is 4.79 Å². The third-order valence-electron chi connectivity index (χ3n) is 3.37. The van der Waals surface area contributed by atoms with Gasteiger partial charge in [-0.05, 0) is 23.6 Å². The summed E-state index contributed by atoms with van der Waals surface area (Å²) in [5.41, 5.74) is 1.54. The predicted octanol–water partition coefficient (Wildman–Crippen LogP) is 3.75. The van der Waals surface area contributed by atoms with E-state index in [2.05, 4.69) is 15.3 Å². The zero-order valence-electron chi connectivity index (χ0n) is 12.5. The Kier molecular flexibility index (Phi) is 4.51. The smallest absolute Gasteiger partial charge is 0.351 e. The minimum atomic E-state index is -0.782. The Morgan fingerprint density at radius 2 is 2.32 bits per heavy atom. The van der Waals surface area contributed by atoms with Crippen molar-refractivity contribution in [3.05, 3.63) is 44.1 Å². The molecular weight excluding hydrogens is 386 g/mol. The van der Waals surface area contributed by atoms with E-state index in [0.717, 1.165) is 10.4 Å². The van der Waals surface area contributed by atoms with E-state index in [4.69, 9.17) is 25.7 Å². The molecule has 0 radical (unpaired) electrons. The topological polar surface area (TPSA) is 86.8 Å². The third-order valence-corrected chi connectivity index (χ3v) is 5.34. The highest BCUT2D eigenvalue weighted by Gasteiger charge is 2.31. The molecule has 0 unspecified atom stereocenters. The van der Waals surface area contributed by atoms with Crippen LogP contribution in [0.5, 0.6) is 0 Å². The number of hydrogen-bond donors (Lipinski definition) is 0. The zero-order chi connectivity index (χ0) is 17.2. The second-order valence-electron chi connectivity index (χ2n) is 5.07. The van der Waals surface area contributed by atoms with Crippen LogP contribution in [-0.2, 0) is 21.0 Å². The summed E-state index contributed by atoms with van der Waals surface area (Å²) in [6, 6.07) is 5.50. The zero-order valence-corrected chi connectivity index (χ0v) is 14.9. The summed E-state index contributed by atoms with van der Waals surface area (Å²) >= 11 is 8.82. The maximum Gasteiger partial charge on any atom is 0.351 e. The Morgan fingerprint density at radius 1 is 1.40 bits per heavy atom.